The maximum atomic E-state index is 12.7. The number of benzene rings is 2. The Kier molecular flexibility index (Phi) is 5.84. The molecule has 0 spiro atoms. The van der Waals surface area contributed by atoms with Crippen LogP contribution in [0.2, 0.25) is 0 Å². The molecule has 0 aromatic heterocycles. The lowest BCUT2D eigenvalue weighted by Crippen LogP contribution is -2.35. The van der Waals surface area contributed by atoms with E-state index in [2.05, 4.69) is 5.32 Å². The van der Waals surface area contributed by atoms with E-state index in [0.29, 0.717) is 18.5 Å². The van der Waals surface area contributed by atoms with Crippen molar-refractivity contribution in [2.24, 2.45) is 0 Å². The Morgan fingerprint density at radius 1 is 1.14 bits per heavy atom. The van der Waals surface area contributed by atoms with Crippen LogP contribution >= 0.6 is 0 Å². The number of nitrogens with zero attached hydrogens (tertiary/aromatic N) is 1. The number of rotatable bonds is 6. The molecule has 28 heavy (non-hydrogen) atoms. The van der Waals surface area contributed by atoms with E-state index in [4.69, 9.17) is 0 Å². The van der Waals surface area contributed by atoms with Gasteiger partial charge in [0.2, 0.25) is 11.8 Å². The smallest absolute Gasteiger partial charge is 0.226 e. The predicted octanol–water partition coefficient (Wildman–Crippen LogP) is 3.18. The van der Waals surface area contributed by atoms with Gasteiger partial charge in [-0.3, -0.25) is 9.59 Å². The Morgan fingerprint density at radius 3 is 2.54 bits per heavy atom. The molecule has 0 unspecified atom stereocenters. The second-order valence-corrected chi connectivity index (χ2v) is 9.05. The number of amides is 2. The minimum Gasteiger partial charge on any atom is -0.326 e. The predicted molar refractivity (Wildman–Crippen MR) is 109 cm³/mol. The Labute approximate surface area is 165 Å². The molecule has 7 heteroatoms. The van der Waals surface area contributed by atoms with Crippen LogP contribution < -0.4 is 10.2 Å². The number of carbonyl (C=O) groups is 2. The summed E-state index contributed by atoms with van der Waals surface area (Å²) in [6.07, 6.45) is 0.907. The first-order valence-corrected chi connectivity index (χ1v) is 11.0. The molecule has 0 saturated carbocycles. The Balaban J connectivity index is 1.70. The fraction of sp³-hybridized carbons (Fsp3) is 0.333. The molecule has 0 aliphatic carbocycles. The average Bonchev–Trinajstić information content (AvgIpc) is 3.01. The highest BCUT2D eigenvalue weighted by molar-refractivity contribution is 7.91. The largest absolute Gasteiger partial charge is 0.326 e. The highest BCUT2D eigenvalue weighted by Crippen LogP contribution is 2.34. The Hall–Kier alpha value is -2.67. The first-order chi connectivity index (χ1) is 13.3. The summed E-state index contributed by atoms with van der Waals surface area (Å²) in [5.41, 5.74) is 2.27. The number of hydrogen-bond acceptors (Lipinski definition) is 4. The molecule has 6 nitrogen and oxygen atoms in total. The van der Waals surface area contributed by atoms with Crippen LogP contribution in [0.4, 0.5) is 11.4 Å². The summed E-state index contributed by atoms with van der Waals surface area (Å²) in [5.74, 6) is -0.582. The van der Waals surface area contributed by atoms with Gasteiger partial charge in [0.15, 0.2) is 9.84 Å². The number of fused-ring (bicyclic) bond motifs is 1. The summed E-state index contributed by atoms with van der Waals surface area (Å²) in [7, 11) is -3.59. The Bertz CT molecular complexity index is 987. The van der Waals surface area contributed by atoms with Crippen LogP contribution in [0.3, 0.4) is 0 Å². The van der Waals surface area contributed by atoms with Gasteiger partial charge in [-0.1, -0.05) is 25.1 Å². The van der Waals surface area contributed by atoms with Crippen LogP contribution in [-0.2, 0) is 25.8 Å². The molecular weight excluding hydrogens is 376 g/mol. The zero-order valence-corrected chi connectivity index (χ0v) is 16.8. The quantitative estimate of drug-likeness (QED) is 0.807. The summed E-state index contributed by atoms with van der Waals surface area (Å²) in [4.78, 5) is 26.1. The molecule has 0 radical (unpaired) electrons. The van der Waals surface area contributed by atoms with E-state index in [0.717, 1.165) is 11.3 Å². The van der Waals surface area contributed by atoms with Crippen molar-refractivity contribution in [2.75, 3.05) is 16.0 Å². The summed E-state index contributed by atoms with van der Waals surface area (Å²) in [6, 6.07) is 13.8. The SMILES string of the molecule is CCC(=O)N1c2ccc(S(=O)(=O)CCC(=O)Nc3ccccc3)cc2C[C@@H]1C. The van der Waals surface area contributed by atoms with Crippen molar-refractivity contribution in [1.29, 1.82) is 0 Å². The standard InChI is InChI=1S/C21H24N2O4S/c1-3-21(25)23-15(2)13-16-14-18(9-10-19(16)23)28(26,27)12-11-20(24)22-17-7-5-4-6-8-17/h4-10,14-15H,3,11-13H2,1-2H3,(H,22,24)/t15-/m0/s1. The van der Waals surface area contributed by atoms with Crippen molar-refractivity contribution in [3.63, 3.8) is 0 Å². The van der Waals surface area contributed by atoms with Gasteiger partial charge in [0.1, 0.15) is 0 Å². The van der Waals surface area contributed by atoms with Gasteiger partial charge >= 0.3 is 0 Å². The van der Waals surface area contributed by atoms with Crippen LogP contribution in [-0.4, -0.2) is 32.0 Å². The molecule has 0 fully saturated rings. The van der Waals surface area contributed by atoms with Crippen LogP contribution in [0, 0.1) is 0 Å². The van der Waals surface area contributed by atoms with E-state index in [1.807, 2.05) is 19.9 Å². The van der Waals surface area contributed by atoms with Crippen molar-refractivity contribution in [3.05, 3.63) is 54.1 Å². The molecule has 1 atom stereocenters. The summed E-state index contributed by atoms with van der Waals surface area (Å²) in [6.45, 7) is 3.77. The summed E-state index contributed by atoms with van der Waals surface area (Å²) in [5, 5.41) is 2.69. The van der Waals surface area contributed by atoms with Crippen molar-refractivity contribution >= 4 is 33.0 Å². The van der Waals surface area contributed by atoms with Crippen molar-refractivity contribution in [1.82, 2.24) is 0 Å². The normalized spacial score (nSPS) is 15.9. The van der Waals surface area contributed by atoms with Crippen LogP contribution in [0.1, 0.15) is 32.3 Å². The van der Waals surface area contributed by atoms with Gasteiger partial charge in [-0.2, -0.15) is 0 Å². The first kappa shape index (κ1) is 20.1. The maximum absolute atomic E-state index is 12.7. The highest BCUT2D eigenvalue weighted by Gasteiger charge is 2.31. The van der Waals surface area contributed by atoms with E-state index in [1.165, 1.54) is 6.07 Å². The van der Waals surface area contributed by atoms with Crippen molar-refractivity contribution in [2.45, 2.75) is 44.0 Å². The summed E-state index contributed by atoms with van der Waals surface area (Å²) >= 11 is 0. The van der Waals surface area contributed by atoms with Gasteiger partial charge in [0.25, 0.3) is 0 Å². The minimum absolute atomic E-state index is 0.0112. The first-order valence-electron chi connectivity index (χ1n) is 9.34. The van der Waals surface area contributed by atoms with E-state index in [-0.39, 0.29) is 34.9 Å². The third kappa shape index (κ3) is 4.25. The Morgan fingerprint density at radius 2 is 1.86 bits per heavy atom. The molecule has 0 saturated heterocycles. The zero-order valence-electron chi connectivity index (χ0n) is 16.0. The molecule has 2 amide bonds. The molecule has 1 aliphatic heterocycles. The molecule has 148 valence electrons. The number of nitrogens with one attached hydrogen (secondary N) is 1. The zero-order chi connectivity index (χ0) is 20.3. The van der Waals surface area contributed by atoms with E-state index in [9.17, 15) is 18.0 Å². The number of anilines is 2. The molecule has 2 aromatic carbocycles. The molecule has 1 heterocycles. The number of hydrogen-bond donors (Lipinski definition) is 1. The second kappa shape index (κ2) is 8.14. The van der Waals surface area contributed by atoms with Crippen LogP contribution in [0.25, 0.3) is 0 Å². The lowest BCUT2D eigenvalue weighted by Gasteiger charge is -2.22. The van der Waals surface area contributed by atoms with Crippen LogP contribution in [0.5, 0.6) is 0 Å². The van der Waals surface area contributed by atoms with Crippen molar-refractivity contribution < 1.29 is 18.0 Å². The molecule has 1 aliphatic rings. The summed E-state index contributed by atoms with van der Waals surface area (Å²) < 4.78 is 25.4. The van der Waals surface area contributed by atoms with Gasteiger partial charge in [0.05, 0.1) is 10.6 Å². The van der Waals surface area contributed by atoms with Gasteiger partial charge in [-0.25, -0.2) is 8.42 Å². The minimum atomic E-state index is -3.59. The monoisotopic (exact) mass is 400 g/mol. The topological polar surface area (TPSA) is 83.6 Å². The lowest BCUT2D eigenvalue weighted by molar-refractivity contribution is -0.118. The average molecular weight is 401 g/mol. The van der Waals surface area contributed by atoms with Gasteiger partial charge < -0.3 is 10.2 Å². The molecular formula is C21H24N2O4S. The third-order valence-electron chi connectivity index (χ3n) is 4.85. The molecule has 0 bridgehead atoms. The number of sulfone groups is 1. The van der Waals surface area contributed by atoms with E-state index in [1.54, 1.807) is 41.3 Å². The van der Waals surface area contributed by atoms with Gasteiger partial charge in [-0.05, 0) is 49.2 Å². The number of para-hydroxylation sites is 1. The fourth-order valence-electron chi connectivity index (χ4n) is 3.44. The molecule has 1 N–H and O–H groups in total. The lowest BCUT2D eigenvalue weighted by atomic mass is 10.1. The fourth-order valence-corrected chi connectivity index (χ4v) is 4.73. The van der Waals surface area contributed by atoms with Crippen LogP contribution in [0.15, 0.2) is 53.4 Å². The van der Waals surface area contributed by atoms with Gasteiger partial charge in [-0.15, -0.1) is 0 Å². The maximum Gasteiger partial charge on any atom is 0.226 e. The second-order valence-electron chi connectivity index (χ2n) is 6.94. The van der Waals surface area contributed by atoms with E-state index < -0.39 is 9.84 Å². The molecule has 3 rings (SSSR count). The number of carbonyl (C=O) groups excluding carboxylic acids is 2. The molecule has 2 aromatic rings. The van der Waals surface area contributed by atoms with Crippen molar-refractivity contribution in [3.8, 4) is 0 Å². The van der Waals surface area contributed by atoms with Gasteiger partial charge in [0, 0.05) is 30.3 Å². The third-order valence-corrected chi connectivity index (χ3v) is 6.57. The highest BCUT2D eigenvalue weighted by atomic mass is 32.2. The van der Waals surface area contributed by atoms with E-state index >= 15 is 0 Å².